The van der Waals surface area contributed by atoms with Crippen molar-refractivity contribution in [1.29, 1.82) is 5.26 Å². The van der Waals surface area contributed by atoms with Crippen molar-refractivity contribution < 1.29 is 4.74 Å². The van der Waals surface area contributed by atoms with Crippen LogP contribution in [0.25, 0.3) is 0 Å². The number of hydrogen-bond acceptors (Lipinski definition) is 3. The predicted octanol–water partition coefficient (Wildman–Crippen LogP) is 3.48. The number of aromatic nitrogens is 1. The molecular weight excluding hydrogens is 224 g/mol. The molecular formula is C15H14N2O. The number of nitriles is 1. The van der Waals surface area contributed by atoms with Crippen LogP contribution < -0.4 is 4.74 Å². The zero-order chi connectivity index (χ0) is 12.8. The van der Waals surface area contributed by atoms with Crippen molar-refractivity contribution in [2.24, 2.45) is 0 Å². The van der Waals surface area contributed by atoms with E-state index in [9.17, 15) is 0 Å². The first-order chi connectivity index (χ1) is 8.83. The zero-order valence-corrected chi connectivity index (χ0v) is 10.2. The Hall–Kier alpha value is -2.34. The first-order valence-corrected chi connectivity index (χ1v) is 5.92. The Morgan fingerprint density at radius 2 is 1.94 bits per heavy atom. The molecule has 0 saturated carbocycles. The molecule has 0 fully saturated rings. The van der Waals surface area contributed by atoms with Crippen LogP contribution in [0, 0.1) is 11.3 Å². The molecule has 0 aliphatic carbocycles. The van der Waals surface area contributed by atoms with Crippen LogP contribution >= 0.6 is 0 Å². The molecule has 3 heteroatoms. The van der Waals surface area contributed by atoms with Gasteiger partial charge in [0.1, 0.15) is 17.9 Å². The number of rotatable bonds is 4. The van der Waals surface area contributed by atoms with Gasteiger partial charge in [-0.25, -0.2) is 4.98 Å². The quantitative estimate of drug-likeness (QED) is 0.819. The van der Waals surface area contributed by atoms with E-state index < -0.39 is 0 Å². The highest BCUT2D eigenvalue weighted by Gasteiger charge is 2.11. The van der Waals surface area contributed by atoms with E-state index in [1.165, 1.54) is 0 Å². The Labute approximate surface area is 107 Å². The van der Waals surface area contributed by atoms with E-state index in [-0.39, 0.29) is 6.10 Å². The molecule has 1 unspecified atom stereocenters. The Balaban J connectivity index is 2.18. The summed E-state index contributed by atoms with van der Waals surface area (Å²) in [5, 5.41) is 8.80. The minimum absolute atomic E-state index is 0.0346. The standard InChI is InChI=1S/C15H14N2O/c1-2-14(12-7-4-3-5-8-12)18-15-10-6-9-13(11-16)17-15/h3-10,14H,2H2,1H3. The van der Waals surface area contributed by atoms with Gasteiger partial charge in [-0.1, -0.05) is 43.3 Å². The molecule has 0 amide bonds. The number of ether oxygens (including phenoxy) is 1. The number of pyridine rings is 1. The highest BCUT2D eigenvalue weighted by Crippen LogP contribution is 2.23. The lowest BCUT2D eigenvalue weighted by Crippen LogP contribution is -2.07. The molecule has 1 atom stereocenters. The van der Waals surface area contributed by atoms with E-state index in [0.717, 1.165) is 12.0 Å². The third kappa shape index (κ3) is 2.86. The fourth-order valence-electron chi connectivity index (χ4n) is 1.74. The van der Waals surface area contributed by atoms with Crippen molar-refractivity contribution >= 4 is 0 Å². The summed E-state index contributed by atoms with van der Waals surface area (Å²) in [5.41, 5.74) is 1.49. The van der Waals surface area contributed by atoms with Crippen LogP contribution in [-0.2, 0) is 0 Å². The van der Waals surface area contributed by atoms with Crippen LogP contribution in [0.15, 0.2) is 48.5 Å². The van der Waals surface area contributed by atoms with Crippen LogP contribution in [0.5, 0.6) is 5.88 Å². The van der Waals surface area contributed by atoms with Crippen LogP contribution in [-0.4, -0.2) is 4.98 Å². The lowest BCUT2D eigenvalue weighted by atomic mass is 10.1. The zero-order valence-electron chi connectivity index (χ0n) is 10.2. The summed E-state index contributed by atoms with van der Waals surface area (Å²) in [6.45, 7) is 2.06. The highest BCUT2D eigenvalue weighted by molar-refractivity contribution is 5.26. The van der Waals surface area contributed by atoms with Crippen LogP contribution in [0.1, 0.15) is 30.7 Å². The van der Waals surface area contributed by atoms with Gasteiger partial charge in [0.05, 0.1) is 0 Å². The van der Waals surface area contributed by atoms with E-state index >= 15 is 0 Å². The summed E-state index contributed by atoms with van der Waals surface area (Å²) in [4.78, 5) is 4.12. The van der Waals surface area contributed by atoms with Gasteiger partial charge in [-0.3, -0.25) is 0 Å². The molecule has 2 rings (SSSR count). The first-order valence-electron chi connectivity index (χ1n) is 5.92. The molecule has 0 radical (unpaired) electrons. The van der Waals surface area contributed by atoms with E-state index in [1.54, 1.807) is 18.2 Å². The summed E-state index contributed by atoms with van der Waals surface area (Å²) in [6.07, 6.45) is 0.815. The molecule has 18 heavy (non-hydrogen) atoms. The van der Waals surface area contributed by atoms with E-state index in [4.69, 9.17) is 10.00 Å². The molecule has 90 valence electrons. The molecule has 0 bridgehead atoms. The third-order valence-corrected chi connectivity index (χ3v) is 2.64. The van der Waals surface area contributed by atoms with Gasteiger partial charge in [0.15, 0.2) is 0 Å². The fraction of sp³-hybridized carbons (Fsp3) is 0.200. The maximum absolute atomic E-state index is 8.80. The van der Waals surface area contributed by atoms with Gasteiger partial charge in [0.25, 0.3) is 0 Å². The van der Waals surface area contributed by atoms with Gasteiger partial charge < -0.3 is 4.74 Å². The molecule has 3 nitrogen and oxygen atoms in total. The van der Waals surface area contributed by atoms with Crippen molar-refractivity contribution in [3.63, 3.8) is 0 Å². The molecule has 0 N–H and O–H groups in total. The third-order valence-electron chi connectivity index (χ3n) is 2.64. The number of benzene rings is 1. The average Bonchev–Trinajstić information content (AvgIpc) is 2.46. The van der Waals surface area contributed by atoms with E-state index in [1.807, 2.05) is 36.4 Å². The Kier molecular flexibility index (Phi) is 3.93. The van der Waals surface area contributed by atoms with Gasteiger partial charge in [-0.15, -0.1) is 0 Å². The molecule has 0 aliphatic heterocycles. The van der Waals surface area contributed by atoms with Crippen molar-refractivity contribution in [1.82, 2.24) is 4.98 Å². The summed E-state index contributed by atoms with van der Waals surface area (Å²) >= 11 is 0. The minimum atomic E-state index is -0.0346. The maximum Gasteiger partial charge on any atom is 0.215 e. The second kappa shape index (κ2) is 5.83. The second-order valence-corrected chi connectivity index (χ2v) is 3.90. The van der Waals surface area contributed by atoms with Crippen molar-refractivity contribution in [3.05, 3.63) is 59.8 Å². The van der Waals surface area contributed by atoms with Crippen molar-refractivity contribution in [3.8, 4) is 11.9 Å². The molecule has 2 aromatic rings. The maximum atomic E-state index is 8.80. The van der Waals surface area contributed by atoms with Crippen molar-refractivity contribution in [2.45, 2.75) is 19.4 Å². The summed E-state index contributed by atoms with van der Waals surface area (Å²) in [5.74, 6) is 0.491. The molecule has 0 spiro atoms. The summed E-state index contributed by atoms with van der Waals surface area (Å²) in [6, 6.07) is 17.2. The van der Waals surface area contributed by atoms with Gasteiger partial charge in [0.2, 0.25) is 5.88 Å². The van der Waals surface area contributed by atoms with Gasteiger partial charge in [-0.05, 0) is 18.1 Å². The number of nitrogens with zero attached hydrogens (tertiary/aromatic N) is 2. The lowest BCUT2D eigenvalue weighted by Gasteiger charge is -2.17. The Morgan fingerprint density at radius 3 is 2.61 bits per heavy atom. The molecule has 0 saturated heterocycles. The Morgan fingerprint density at radius 1 is 1.17 bits per heavy atom. The molecule has 1 aromatic carbocycles. The van der Waals surface area contributed by atoms with E-state index in [2.05, 4.69) is 11.9 Å². The van der Waals surface area contributed by atoms with Gasteiger partial charge >= 0.3 is 0 Å². The summed E-state index contributed by atoms with van der Waals surface area (Å²) < 4.78 is 5.83. The average molecular weight is 238 g/mol. The van der Waals surface area contributed by atoms with Crippen LogP contribution in [0.3, 0.4) is 0 Å². The molecule has 0 aliphatic rings. The number of hydrogen-bond donors (Lipinski definition) is 0. The smallest absolute Gasteiger partial charge is 0.215 e. The van der Waals surface area contributed by atoms with Gasteiger partial charge in [-0.2, -0.15) is 5.26 Å². The minimum Gasteiger partial charge on any atom is -0.469 e. The SMILES string of the molecule is CCC(Oc1cccc(C#N)n1)c1ccccc1. The van der Waals surface area contributed by atoms with E-state index in [0.29, 0.717) is 11.6 Å². The largest absolute Gasteiger partial charge is 0.469 e. The normalized spacial score (nSPS) is 11.6. The summed E-state index contributed by atoms with van der Waals surface area (Å²) in [7, 11) is 0. The topological polar surface area (TPSA) is 45.9 Å². The molecule has 1 aromatic heterocycles. The molecule has 1 heterocycles. The fourth-order valence-corrected chi connectivity index (χ4v) is 1.74. The first kappa shape index (κ1) is 12.1. The van der Waals surface area contributed by atoms with Crippen LogP contribution in [0.4, 0.5) is 0 Å². The van der Waals surface area contributed by atoms with Crippen LogP contribution in [0.2, 0.25) is 0 Å². The van der Waals surface area contributed by atoms with Gasteiger partial charge in [0, 0.05) is 6.07 Å². The monoisotopic (exact) mass is 238 g/mol. The lowest BCUT2D eigenvalue weighted by molar-refractivity contribution is 0.192. The second-order valence-electron chi connectivity index (χ2n) is 3.90. The predicted molar refractivity (Wildman–Crippen MR) is 69.1 cm³/mol. The Bertz CT molecular complexity index is 546. The highest BCUT2D eigenvalue weighted by atomic mass is 16.5. The van der Waals surface area contributed by atoms with Crippen molar-refractivity contribution in [2.75, 3.05) is 0 Å².